The van der Waals surface area contributed by atoms with Crippen molar-refractivity contribution >= 4 is 27.5 Å². The molecule has 1 fully saturated rings. The van der Waals surface area contributed by atoms with Crippen molar-refractivity contribution in [3.05, 3.63) is 53.8 Å². The van der Waals surface area contributed by atoms with E-state index >= 15 is 0 Å². The van der Waals surface area contributed by atoms with Crippen molar-refractivity contribution in [2.75, 3.05) is 19.7 Å². The standard InChI is InChI=1S/C23H25FN2O3S/c1-15(2)16-3-6-18(7-4-16)28-14-22(27)26-11-9-19(10-12-26)29-23-25-20-8-5-17(24)13-21(20)30-23/h3-8,13,15,19H,9-12,14H2,1-2H3. The smallest absolute Gasteiger partial charge is 0.274 e. The van der Waals surface area contributed by atoms with E-state index in [4.69, 9.17) is 9.47 Å². The summed E-state index contributed by atoms with van der Waals surface area (Å²) >= 11 is 1.35. The third kappa shape index (κ3) is 4.90. The zero-order chi connectivity index (χ0) is 21.1. The molecule has 0 N–H and O–H groups in total. The minimum absolute atomic E-state index is 0.00366. The van der Waals surface area contributed by atoms with Crippen LogP contribution in [-0.2, 0) is 4.79 Å². The Morgan fingerprint density at radius 1 is 1.20 bits per heavy atom. The van der Waals surface area contributed by atoms with E-state index in [-0.39, 0.29) is 24.4 Å². The first-order valence-electron chi connectivity index (χ1n) is 10.2. The van der Waals surface area contributed by atoms with Gasteiger partial charge in [-0.2, -0.15) is 0 Å². The number of hydrogen-bond acceptors (Lipinski definition) is 5. The molecule has 0 unspecified atom stereocenters. The number of thiazole rings is 1. The minimum atomic E-state index is -0.275. The van der Waals surface area contributed by atoms with Crippen LogP contribution >= 0.6 is 11.3 Å². The third-order valence-electron chi connectivity index (χ3n) is 5.30. The molecule has 1 aliphatic rings. The fourth-order valence-electron chi connectivity index (χ4n) is 3.48. The summed E-state index contributed by atoms with van der Waals surface area (Å²) in [5, 5.41) is 0.550. The lowest BCUT2D eigenvalue weighted by Gasteiger charge is -2.31. The number of nitrogens with zero attached hydrogens (tertiary/aromatic N) is 2. The molecule has 2 heterocycles. The fourth-order valence-corrected chi connectivity index (χ4v) is 4.38. The first-order valence-corrected chi connectivity index (χ1v) is 11.0. The molecule has 1 aromatic heterocycles. The topological polar surface area (TPSA) is 51.7 Å². The Labute approximate surface area is 179 Å². The van der Waals surface area contributed by atoms with E-state index in [1.54, 1.807) is 6.07 Å². The number of carbonyl (C=O) groups excluding carboxylic acids is 1. The van der Waals surface area contributed by atoms with Gasteiger partial charge in [0, 0.05) is 25.9 Å². The zero-order valence-electron chi connectivity index (χ0n) is 17.1. The second-order valence-corrected chi connectivity index (χ2v) is 8.80. The van der Waals surface area contributed by atoms with Crippen LogP contribution < -0.4 is 9.47 Å². The highest BCUT2D eigenvalue weighted by Crippen LogP contribution is 2.30. The van der Waals surface area contributed by atoms with Gasteiger partial charge >= 0.3 is 0 Å². The van der Waals surface area contributed by atoms with Gasteiger partial charge in [-0.25, -0.2) is 9.37 Å². The van der Waals surface area contributed by atoms with Gasteiger partial charge < -0.3 is 14.4 Å². The molecule has 7 heteroatoms. The number of aromatic nitrogens is 1. The average molecular weight is 429 g/mol. The predicted octanol–water partition coefficient (Wildman–Crippen LogP) is 5.01. The summed E-state index contributed by atoms with van der Waals surface area (Å²) in [6.07, 6.45) is 1.47. The van der Waals surface area contributed by atoms with Crippen molar-refractivity contribution in [2.45, 2.75) is 38.7 Å². The second kappa shape index (κ2) is 9.00. The molecule has 0 bridgehead atoms. The largest absolute Gasteiger partial charge is 0.484 e. The third-order valence-corrected chi connectivity index (χ3v) is 6.21. The van der Waals surface area contributed by atoms with Crippen molar-refractivity contribution in [2.24, 2.45) is 0 Å². The van der Waals surface area contributed by atoms with Gasteiger partial charge in [-0.3, -0.25) is 4.79 Å². The van der Waals surface area contributed by atoms with E-state index < -0.39 is 0 Å². The summed E-state index contributed by atoms with van der Waals surface area (Å²) in [4.78, 5) is 18.7. The van der Waals surface area contributed by atoms with Gasteiger partial charge in [0.2, 0.25) is 0 Å². The molecule has 0 atom stereocenters. The molecule has 4 rings (SSSR count). The molecule has 1 amide bonds. The van der Waals surface area contributed by atoms with E-state index in [0.717, 1.165) is 23.1 Å². The minimum Gasteiger partial charge on any atom is -0.484 e. The Kier molecular flexibility index (Phi) is 6.18. The molecule has 3 aromatic rings. The van der Waals surface area contributed by atoms with Crippen LogP contribution in [0, 0.1) is 5.82 Å². The average Bonchev–Trinajstić information content (AvgIpc) is 3.14. The first kappa shape index (κ1) is 20.6. The highest BCUT2D eigenvalue weighted by Gasteiger charge is 2.25. The first-order chi connectivity index (χ1) is 14.5. The molecule has 158 valence electrons. The van der Waals surface area contributed by atoms with Crippen LogP contribution in [0.15, 0.2) is 42.5 Å². The van der Waals surface area contributed by atoms with Gasteiger partial charge in [0.05, 0.1) is 10.2 Å². The van der Waals surface area contributed by atoms with Gasteiger partial charge in [0.25, 0.3) is 11.1 Å². The van der Waals surface area contributed by atoms with Crippen LogP contribution in [0.4, 0.5) is 4.39 Å². The van der Waals surface area contributed by atoms with Gasteiger partial charge in [-0.05, 0) is 41.8 Å². The number of rotatable bonds is 6. The molecule has 0 aliphatic carbocycles. The Bertz CT molecular complexity index is 1010. The fraction of sp³-hybridized carbons (Fsp3) is 0.391. The summed E-state index contributed by atoms with van der Waals surface area (Å²) in [6.45, 7) is 5.57. The van der Waals surface area contributed by atoms with Crippen molar-refractivity contribution in [1.82, 2.24) is 9.88 Å². The maximum absolute atomic E-state index is 13.3. The summed E-state index contributed by atoms with van der Waals surface area (Å²) in [5.74, 6) is 0.880. The number of halogens is 1. The monoisotopic (exact) mass is 428 g/mol. The lowest BCUT2D eigenvalue weighted by Crippen LogP contribution is -2.43. The maximum atomic E-state index is 13.3. The molecule has 2 aromatic carbocycles. The van der Waals surface area contributed by atoms with Crippen LogP contribution in [0.1, 0.15) is 38.2 Å². The summed E-state index contributed by atoms with van der Waals surface area (Å²) < 4.78 is 25.8. The van der Waals surface area contributed by atoms with E-state index in [2.05, 4.69) is 18.8 Å². The number of carbonyl (C=O) groups is 1. The van der Waals surface area contributed by atoms with Crippen LogP contribution in [0.2, 0.25) is 0 Å². The zero-order valence-corrected chi connectivity index (χ0v) is 18.0. The highest BCUT2D eigenvalue weighted by molar-refractivity contribution is 7.20. The molecule has 30 heavy (non-hydrogen) atoms. The molecule has 1 saturated heterocycles. The second-order valence-electron chi connectivity index (χ2n) is 7.80. The Hall–Kier alpha value is -2.67. The summed E-state index contributed by atoms with van der Waals surface area (Å²) in [7, 11) is 0. The predicted molar refractivity (Wildman–Crippen MR) is 116 cm³/mol. The van der Waals surface area contributed by atoms with Gasteiger partial charge in [-0.1, -0.05) is 37.3 Å². The van der Waals surface area contributed by atoms with E-state index in [9.17, 15) is 9.18 Å². The van der Waals surface area contributed by atoms with Gasteiger partial charge in [-0.15, -0.1) is 0 Å². The molecule has 5 nitrogen and oxygen atoms in total. The normalized spacial score (nSPS) is 15.0. The number of piperidine rings is 1. The Balaban J connectivity index is 1.24. The molecule has 0 saturated carbocycles. The Morgan fingerprint density at radius 3 is 2.63 bits per heavy atom. The number of fused-ring (bicyclic) bond motifs is 1. The van der Waals surface area contributed by atoms with Gasteiger partial charge in [0.15, 0.2) is 6.61 Å². The molecule has 0 radical (unpaired) electrons. The maximum Gasteiger partial charge on any atom is 0.274 e. The number of ether oxygens (including phenoxy) is 2. The van der Waals surface area contributed by atoms with E-state index in [1.807, 2.05) is 29.2 Å². The number of benzene rings is 2. The number of likely N-dealkylation sites (tertiary alicyclic amines) is 1. The van der Waals surface area contributed by atoms with Crippen LogP contribution in [0.5, 0.6) is 10.9 Å². The van der Waals surface area contributed by atoms with Crippen molar-refractivity contribution in [3.8, 4) is 10.9 Å². The highest BCUT2D eigenvalue weighted by atomic mass is 32.1. The van der Waals surface area contributed by atoms with E-state index in [0.29, 0.717) is 30.0 Å². The van der Waals surface area contributed by atoms with Gasteiger partial charge in [0.1, 0.15) is 17.7 Å². The number of hydrogen-bond donors (Lipinski definition) is 0. The summed E-state index contributed by atoms with van der Waals surface area (Å²) in [6, 6.07) is 12.4. The Morgan fingerprint density at radius 2 is 1.93 bits per heavy atom. The van der Waals surface area contributed by atoms with Crippen LogP contribution in [-0.4, -0.2) is 41.6 Å². The van der Waals surface area contributed by atoms with Crippen LogP contribution in [0.25, 0.3) is 10.2 Å². The SMILES string of the molecule is CC(C)c1ccc(OCC(=O)N2CCC(Oc3nc4ccc(F)cc4s3)CC2)cc1. The van der Waals surface area contributed by atoms with Crippen molar-refractivity contribution < 1.29 is 18.7 Å². The molecule has 0 spiro atoms. The van der Waals surface area contributed by atoms with E-state index in [1.165, 1.54) is 29.0 Å². The molecule has 1 aliphatic heterocycles. The van der Waals surface area contributed by atoms with Crippen molar-refractivity contribution in [1.29, 1.82) is 0 Å². The van der Waals surface area contributed by atoms with Crippen molar-refractivity contribution in [3.63, 3.8) is 0 Å². The molecular formula is C23H25FN2O3S. The lowest BCUT2D eigenvalue weighted by atomic mass is 10.0. The molecular weight excluding hydrogens is 403 g/mol. The lowest BCUT2D eigenvalue weighted by molar-refractivity contribution is -0.135. The number of amides is 1. The summed E-state index contributed by atoms with van der Waals surface area (Å²) in [5.41, 5.74) is 1.98. The van der Waals surface area contributed by atoms with Crippen LogP contribution in [0.3, 0.4) is 0 Å². The quantitative estimate of drug-likeness (QED) is 0.554.